The van der Waals surface area contributed by atoms with Crippen LogP contribution < -0.4 is 9.96 Å². The lowest BCUT2D eigenvalue weighted by molar-refractivity contribution is 1.68. The largest absolute Gasteiger partial charge is 0.393 e. The maximum absolute atomic E-state index is 3.50. The number of anilines is 2. The van der Waals surface area contributed by atoms with E-state index in [4.69, 9.17) is 0 Å². The molecule has 1 aromatic rings. The van der Waals surface area contributed by atoms with Gasteiger partial charge in [-0.15, -0.1) is 0 Å². The van der Waals surface area contributed by atoms with E-state index in [9.17, 15) is 0 Å². The SMILES string of the molecule is C[Si]1(C)Nc2ccccc2N1. The summed E-state index contributed by atoms with van der Waals surface area (Å²) in [5.41, 5.74) is 2.51. The molecule has 2 nitrogen and oxygen atoms in total. The van der Waals surface area contributed by atoms with Crippen LogP contribution in [0.2, 0.25) is 13.1 Å². The first-order chi connectivity index (χ1) is 5.17. The van der Waals surface area contributed by atoms with Crippen molar-refractivity contribution in [3.63, 3.8) is 0 Å². The minimum Gasteiger partial charge on any atom is -0.393 e. The molecule has 3 heteroatoms. The molecule has 1 aromatic carbocycles. The van der Waals surface area contributed by atoms with Crippen LogP contribution in [-0.2, 0) is 0 Å². The smallest absolute Gasteiger partial charge is 0.252 e. The Morgan fingerprint density at radius 2 is 1.45 bits per heavy atom. The second-order valence-electron chi connectivity index (χ2n) is 3.42. The van der Waals surface area contributed by atoms with Crippen LogP contribution in [0.4, 0.5) is 11.4 Å². The lowest BCUT2D eigenvalue weighted by Gasteiger charge is -2.14. The third-order valence-corrected chi connectivity index (χ3v) is 3.61. The molecule has 0 bridgehead atoms. The summed E-state index contributed by atoms with van der Waals surface area (Å²) in [6.45, 7) is 4.51. The number of rotatable bonds is 0. The summed E-state index contributed by atoms with van der Waals surface area (Å²) in [4.78, 5) is 7.00. The topological polar surface area (TPSA) is 24.1 Å². The second-order valence-corrected chi connectivity index (χ2v) is 7.17. The molecule has 0 fully saturated rings. The number of benzene rings is 1. The summed E-state index contributed by atoms with van der Waals surface area (Å²) < 4.78 is 0. The van der Waals surface area contributed by atoms with Gasteiger partial charge in [-0.25, -0.2) is 0 Å². The average Bonchev–Trinajstić information content (AvgIpc) is 2.21. The zero-order valence-electron chi connectivity index (χ0n) is 6.81. The minimum absolute atomic E-state index is 1.25. The summed E-state index contributed by atoms with van der Waals surface area (Å²) in [5.74, 6) is 0. The first kappa shape index (κ1) is 6.73. The number of para-hydroxylation sites is 2. The second kappa shape index (κ2) is 2.01. The molecule has 0 atom stereocenters. The predicted molar refractivity (Wildman–Crippen MR) is 51.2 cm³/mol. The van der Waals surface area contributed by atoms with Crippen molar-refractivity contribution in [1.82, 2.24) is 0 Å². The van der Waals surface area contributed by atoms with Crippen LogP contribution in [0.5, 0.6) is 0 Å². The molecule has 1 aliphatic heterocycles. The predicted octanol–water partition coefficient (Wildman–Crippen LogP) is 2.23. The van der Waals surface area contributed by atoms with E-state index >= 15 is 0 Å². The van der Waals surface area contributed by atoms with Gasteiger partial charge in [-0.2, -0.15) is 0 Å². The Hall–Kier alpha value is -0.963. The van der Waals surface area contributed by atoms with Crippen LogP contribution in [0.25, 0.3) is 0 Å². The highest BCUT2D eigenvalue weighted by atomic mass is 28.3. The van der Waals surface area contributed by atoms with E-state index in [1.165, 1.54) is 11.4 Å². The van der Waals surface area contributed by atoms with E-state index in [2.05, 4.69) is 47.3 Å². The fraction of sp³-hybridized carbons (Fsp3) is 0.250. The Bertz CT molecular complexity index is 256. The molecule has 0 spiro atoms. The highest BCUT2D eigenvalue weighted by Crippen LogP contribution is 2.30. The molecule has 1 heterocycles. The van der Waals surface area contributed by atoms with Crippen molar-refractivity contribution in [3.8, 4) is 0 Å². The van der Waals surface area contributed by atoms with Crippen LogP contribution in [0.1, 0.15) is 0 Å². The van der Waals surface area contributed by atoms with Crippen molar-refractivity contribution < 1.29 is 0 Å². The molecule has 2 rings (SSSR count). The molecular formula is C8H12N2Si. The fourth-order valence-electron chi connectivity index (χ4n) is 1.41. The fourth-order valence-corrected chi connectivity index (χ4v) is 3.25. The third-order valence-electron chi connectivity index (χ3n) is 1.82. The van der Waals surface area contributed by atoms with E-state index in [0.29, 0.717) is 0 Å². The Morgan fingerprint density at radius 3 is 1.91 bits per heavy atom. The maximum Gasteiger partial charge on any atom is 0.252 e. The van der Waals surface area contributed by atoms with E-state index in [0.717, 1.165) is 0 Å². The van der Waals surface area contributed by atoms with E-state index in [1.54, 1.807) is 0 Å². The van der Waals surface area contributed by atoms with Crippen molar-refractivity contribution in [2.24, 2.45) is 0 Å². The Kier molecular flexibility index (Phi) is 1.23. The van der Waals surface area contributed by atoms with E-state index in [1.807, 2.05) is 0 Å². The number of nitrogens with one attached hydrogen (secondary N) is 2. The van der Waals surface area contributed by atoms with Gasteiger partial charge in [0.2, 0.25) is 0 Å². The van der Waals surface area contributed by atoms with Gasteiger partial charge in [0.15, 0.2) is 0 Å². The molecule has 0 amide bonds. The highest BCUT2D eigenvalue weighted by molar-refractivity contribution is 6.85. The van der Waals surface area contributed by atoms with Gasteiger partial charge in [-0.1, -0.05) is 12.1 Å². The zero-order valence-corrected chi connectivity index (χ0v) is 7.81. The summed E-state index contributed by atoms with van der Waals surface area (Å²) >= 11 is 0. The standard InChI is InChI=1S/C8H12N2Si/c1-11(2)9-7-5-3-4-6-8(7)10-11/h3-6,9-10H,1-2H3. The summed E-state index contributed by atoms with van der Waals surface area (Å²) in [7, 11) is -1.34. The van der Waals surface area contributed by atoms with Crippen molar-refractivity contribution in [1.29, 1.82) is 0 Å². The molecule has 1 aliphatic rings. The Balaban J connectivity index is 2.41. The molecule has 58 valence electrons. The lowest BCUT2D eigenvalue weighted by Crippen LogP contribution is -2.40. The van der Waals surface area contributed by atoms with Gasteiger partial charge < -0.3 is 9.96 Å². The van der Waals surface area contributed by atoms with Gasteiger partial charge in [-0.3, -0.25) is 0 Å². The zero-order chi connectivity index (χ0) is 7.90. The van der Waals surface area contributed by atoms with Crippen LogP contribution in [0.15, 0.2) is 24.3 Å². The molecule has 0 unspecified atom stereocenters. The highest BCUT2D eigenvalue weighted by Gasteiger charge is 2.28. The number of fused-ring (bicyclic) bond motifs is 1. The van der Waals surface area contributed by atoms with Crippen molar-refractivity contribution >= 4 is 19.8 Å². The molecule has 0 aromatic heterocycles. The molecular weight excluding hydrogens is 152 g/mol. The monoisotopic (exact) mass is 164 g/mol. The average molecular weight is 164 g/mol. The molecule has 0 saturated carbocycles. The Morgan fingerprint density at radius 1 is 1.00 bits per heavy atom. The minimum atomic E-state index is -1.34. The Labute approximate surface area is 67.8 Å². The lowest BCUT2D eigenvalue weighted by atomic mass is 10.3. The van der Waals surface area contributed by atoms with Gasteiger partial charge in [0.25, 0.3) is 8.40 Å². The quantitative estimate of drug-likeness (QED) is 0.575. The van der Waals surface area contributed by atoms with E-state index in [-0.39, 0.29) is 0 Å². The summed E-state index contributed by atoms with van der Waals surface area (Å²) in [6, 6.07) is 8.35. The van der Waals surface area contributed by atoms with Crippen LogP contribution >= 0.6 is 0 Å². The first-order valence-corrected chi connectivity index (χ1v) is 6.83. The molecule has 2 N–H and O–H groups in total. The van der Waals surface area contributed by atoms with Crippen molar-refractivity contribution in [2.45, 2.75) is 13.1 Å². The van der Waals surface area contributed by atoms with Gasteiger partial charge in [0.05, 0.1) is 11.4 Å². The third kappa shape index (κ3) is 1.11. The van der Waals surface area contributed by atoms with Crippen LogP contribution in [0, 0.1) is 0 Å². The number of hydrogen-bond donors (Lipinski definition) is 2. The van der Waals surface area contributed by atoms with Gasteiger partial charge in [0, 0.05) is 0 Å². The van der Waals surface area contributed by atoms with Gasteiger partial charge in [0.1, 0.15) is 0 Å². The maximum atomic E-state index is 3.50. The molecule has 0 radical (unpaired) electrons. The first-order valence-electron chi connectivity index (χ1n) is 3.83. The molecule has 0 saturated heterocycles. The molecule has 11 heavy (non-hydrogen) atoms. The van der Waals surface area contributed by atoms with Crippen LogP contribution in [-0.4, -0.2) is 8.40 Å². The summed E-state index contributed by atoms with van der Waals surface area (Å²) in [6.07, 6.45) is 0. The molecule has 0 aliphatic carbocycles. The van der Waals surface area contributed by atoms with Crippen molar-refractivity contribution in [2.75, 3.05) is 9.96 Å². The van der Waals surface area contributed by atoms with Gasteiger partial charge in [-0.05, 0) is 25.2 Å². The van der Waals surface area contributed by atoms with Gasteiger partial charge >= 0.3 is 0 Å². The van der Waals surface area contributed by atoms with Crippen LogP contribution in [0.3, 0.4) is 0 Å². The normalized spacial score (nSPS) is 18.4. The van der Waals surface area contributed by atoms with E-state index < -0.39 is 8.40 Å². The van der Waals surface area contributed by atoms with Crippen molar-refractivity contribution in [3.05, 3.63) is 24.3 Å². The summed E-state index contributed by atoms with van der Waals surface area (Å²) in [5, 5.41) is 0. The number of hydrogen-bond acceptors (Lipinski definition) is 2.